The molecule has 0 saturated heterocycles. The standard InChI is InChI=1S/C16H24BrNS/c1-3-18-12(2)15-11-13(17)9-10-16(15)19-14-7-5-4-6-8-14/h9-12,14,18H,3-8H2,1-2H3. The highest BCUT2D eigenvalue weighted by molar-refractivity contribution is 9.10. The van der Waals surface area contributed by atoms with Crippen LogP contribution in [0.5, 0.6) is 0 Å². The van der Waals surface area contributed by atoms with Crippen molar-refractivity contribution >= 4 is 27.7 Å². The van der Waals surface area contributed by atoms with Crippen molar-refractivity contribution in [1.29, 1.82) is 0 Å². The van der Waals surface area contributed by atoms with E-state index in [-0.39, 0.29) is 0 Å². The summed E-state index contributed by atoms with van der Waals surface area (Å²) in [5.41, 5.74) is 1.44. The Balaban J connectivity index is 2.13. The largest absolute Gasteiger partial charge is 0.310 e. The van der Waals surface area contributed by atoms with E-state index in [9.17, 15) is 0 Å². The van der Waals surface area contributed by atoms with Gasteiger partial charge in [-0.3, -0.25) is 0 Å². The van der Waals surface area contributed by atoms with Crippen LogP contribution in [0.15, 0.2) is 27.6 Å². The summed E-state index contributed by atoms with van der Waals surface area (Å²) in [6.07, 6.45) is 7.02. The molecule has 3 heteroatoms. The zero-order chi connectivity index (χ0) is 13.7. The first-order valence-electron chi connectivity index (χ1n) is 7.40. The number of rotatable bonds is 5. The molecule has 19 heavy (non-hydrogen) atoms. The van der Waals surface area contributed by atoms with Crippen molar-refractivity contribution in [3.8, 4) is 0 Å². The molecule has 1 aromatic carbocycles. The molecule has 1 aliphatic carbocycles. The fourth-order valence-corrected chi connectivity index (χ4v) is 4.57. The molecule has 0 spiro atoms. The predicted octanol–water partition coefficient (Wildman–Crippen LogP) is 5.54. The summed E-state index contributed by atoms with van der Waals surface area (Å²) >= 11 is 5.70. The SMILES string of the molecule is CCNC(C)c1cc(Br)ccc1SC1CCCCC1. The summed E-state index contributed by atoms with van der Waals surface area (Å²) < 4.78 is 1.18. The Bertz CT molecular complexity index is 402. The van der Waals surface area contributed by atoms with Gasteiger partial charge in [0.05, 0.1) is 0 Å². The number of thioether (sulfide) groups is 1. The quantitative estimate of drug-likeness (QED) is 0.753. The molecule has 0 aliphatic heterocycles. The first kappa shape index (κ1) is 15.4. The van der Waals surface area contributed by atoms with Gasteiger partial charge in [-0.1, -0.05) is 42.1 Å². The molecule has 1 fully saturated rings. The third-order valence-electron chi connectivity index (χ3n) is 3.79. The molecule has 0 bridgehead atoms. The average molecular weight is 342 g/mol. The van der Waals surface area contributed by atoms with Gasteiger partial charge >= 0.3 is 0 Å². The molecule has 1 atom stereocenters. The van der Waals surface area contributed by atoms with Gasteiger partial charge in [0.15, 0.2) is 0 Å². The number of nitrogens with one attached hydrogen (secondary N) is 1. The molecule has 0 amide bonds. The predicted molar refractivity (Wildman–Crippen MR) is 89.0 cm³/mol. The third-order valence-corrected chi connectivity index (χ3v) is 5.72. The van der Waals surface area contributed by atoms with Crippen LogP contribution in [0.1, 0.15) is 57.6 Å². The van der Waals surface area contributed by atoms with Gasteiger partial charge in [-0.15, -0.1) is 11.8 Å². The lowest BCUT2D eigenvalue weighted by Crippen LogP contribution is -2.19. The average Bonchev–Trinajstić information content (AvgIpc) is 2.42. The Morgan fingerprint density at radius 1 is 1.32 bits per heavy atom. The minimum Gasteiger partial charge on any atom is -0.310 e. The van der Waals surface area contributed by atoms with Crippen LogP contribution >= 0.6 is 27.7 Å². The van der Waals surface area contributed by atoms with E-state index in [1.54, 1.807) is 0 Å². The highest BCUT2D eigenvalue weighted by Crippen LogP contribution is 2.37. The third kappa shape index (κ3) is 4.51. The molecule has 1 nitrogen and oxygen atoms in total. The van der Waals surface area contributed by atoms with Crippen LogP contribution < -0.4 is 5.32 Å². The maximum Gasteiger partial charge on any atom is 0.0303 e. The summed E-state index contributed by atoms with van der Waals surface area (Å²) in [7, 11) is 0. The Morgan fingerprint density at radius 2 is 2.05 bits per heavy atom. The Hall–Kier alpha value is 0.01000. The second kappa shape index (κ2) is 7.70. The minimum atomic E-state index is 0.425. The van der Waals surface area contributed by atoms with Crippen LogP contribution in [0.4, 0.5) is 0 Å². The van der Waals surface area contributed by atoms with Crippen molar-refractivity contribution < 1.29 is 0 Å². The van der Waals surface area contributed by atoms with Gasteiger partial charge in [-0.2, -0.15) is 0 Å². The van der Waals surface area contributed by atoms with Gasteiger partial charge in [0.25, 0.3) is 0 Å². The van der Waals surface area contributed by atoms with E-state index < -0.39 is 0 Å². The smallest absolute Gasteiger partial charge is 0.0303 e. The van der Waals surface area contributed by atoms with E-state index in [4.69, 9.17) is 0 Å². The van der Waals surface area contributed by atoms with Gasteiger partial charge in [-0.25, -0.2) is 0 Å². The van der Waals surface area contributed by atoms with Gasteiger partial charge < -0.3 is 5.32 Å². The number of benzene rings is 1. The van der Waals surface area contributed by atoms with Crippen molar-refractivity contribution in [3.05, 3.63) is 28.2 Å². The molecule has 1 saturated carbocycles. The minimum absolute atomic E-state index is 0.425. The molecule has 2 rings (SSSR count). The molecule has 1 aliphatic rings. The Kier molecular flexibility index (Phi) is 6.24. The van der Waals surface area contributed by atoms with Crippen LogP contribution in [-0.2, 0) is 0 Å². The maximum absolute atomic E-state index is 3.60. The number of halogens is 1. The summed E-state index contributed by atoms with van der Waals surface area (Å²) in [5, 5.41) is 4.35. The number of hydrogen-bond donors (Lipinski definition) is 1. The lowest BCUT2D eigenvalue weighted by molar-refractivity contribution is 0.515. The molecular weight excluding hydrogens is 318 g/mol. The molecule has 0 radical (unpaired) electrons. The molecule has 1 N–H and O–H groups in total. The summed E-state index contributed by atoms with van der Waals surface area (Å²) in [6, 6.07) is 7.16. The normalized spacial score (nSPS) is 18.5. The highest BCUT2D eigenvalue weighted by atomic mass is 79.9. The topological polar surface area (TPSA) is 12.0 Å². The summed E-state index contributed by atoms with van der Waals surface area (Å²) in [4.78, 5) is 1.46. The molecule has 1 unspecified atom stereocenters. The highest BCUT2D eigenvalue weighted by Gasteiger charge is 2.18. The summed E-state index contributed by atoms with van der Waals surface area (Å²) in [6.45, 7) is 5.44. The van der Waals surface area contributed by atoms with E-state index in [1.165, 1.54) is 47.0 Å². The lowest BCUT2D eigenvalue weighted by atomic mass is 10.0. The zero-order valence-electron chi connectivity index (χ0n) is 11.9. The van der Waals surface area contributed by atoms with Gasteiger partial charge in [-0.05, 0) is 50.1 Å². The molecule has 106 valence electrons. The van der Waals surface area contributed by atoms with Crippen LogP contribution in [0.25, 0.3) is 0 Å². The van der Waals surface area contributed by atoms with Crippen molar-refractivity contribution in [2.45, 2.75) is 62.1 Å². The fourth-order valence-electron chi connectivity index (χ4n) is 2.74. The molecular formula is C16H24BrNS. The van der Waals surface area contributed by atoms with Crippen molar-refractivity contribution in [1.82, 2.24) is 5.32 Å². The van der Waals surface area contributed by atoms with Crippen molar-refractivity contribution in [2.24, 2.45) is 0 Å². The van der Waals surface area contributed by atoms with Crippen LogP contribution in [0, 0.1) is 0 Å². The number of hydrogen-bond acceptors (Lipinski definition) is 2. The van der Waals surface area contributed by atoms with Crippen molar-refractivity contribution in [2.75, 3.05) is 6.54 Å². The zero-order valence-corrected chi connectivity index (χ0v) is 14.3. The van der Waals surface area contributed by atoms with Gasteiger partial charge in [0, 0.05) is 20.7 Å². The Morgan fingerprint density at radius 3 is 2.74 bits per heavy atom. The van der Waals surface area contributed by atoms with Gasteiger partial charge in [0.1, 0.15) is 0 Å². The first-order chi connectivity index (χ1) is 9.20. The van der Waals surface area contributed by atoms with Gasteiger partial charge in [0.2, 0.25) is 0 Å². The second-order valence-electron chi connectivity index (χ2n) is 5.34. The van der Waals surface area contributed by atoms with Crippen molar-refractivity contribution in [3.63, 3.8) is 0 Å². The van der Waals surface area contributed by atoms with E-state index >= 15 is 0 Å². The van der Waals surface area contributed by atoms with Crippen LogP contribution in [0.2, 0.25) is 0 Å². The van der Waals surface area contributed by atoms with E-state index in [0.717, 1.165) is 11.8 Å². The van der Waals surface area contributed by atoms with E-state index in [1.807, 2.05) is 0 Å². The van der Waals surface area contributed by atoms with E-state index in [0.29, 0.717) is 6.04 Å². The van der Waals surface area contributed by atoms with Crippen LogP contribution in [-0.4, -0.2) is 11.8 Å². The maximum atomic E-state index is 3.60. The first-order valence-corrected chi connectivity index (χ1v) is 9.07. The second-order valence-corrected chi connectivity index (χ2v) is 7.60. The van der Waals surface area contributed by atoms with Crippen LogP contribution in [0.3, 0.4) is 0 Å². The molecule has 0 aromatic heterocycles. The molecule has 0 heterocycles. The Labute approximate surface area is 130 Å². The summed E-state index contributed by atoms with van der Waals surface area (Å²) in [5.74, 6) is 0. The molecule has 1 aromatic rings. The lowest BCUT2D eigenvalue weighted by Gasteiger charge is -2.24. The van der Waals surface area contributed by atoms with E-state index in [2.05, 4.69) is 65.1 Å². The fraction of sp³-hybridized carbons (Fsp3) is 0.625. The monoisotopic (exact) mass is 341 g/mol.